The van der Waals surface area contributed by atoms with Crippen LogP contribution in [-0.4, -0.2) is 0 Å². The van der Waals surface area contributed by atoms with Gasteiger partial charge >= 0.3 is 0 Å². The van der Waals surface area contributed by atoms with Crippen molar-refractivity contribution in [2.45, 2.75) is 212 Å². The summed E-state index contributed by atoms with van der Waals surface area (Å²) < 4.78 is 0. The average molecular weight is 555 g/mol. The van der Waals surface area contributed by atoms with Crippen LogP contribution in [-0.2, 0) is 0 Å². The summed E-state index contributed by atoms with van der Waals surface area (Å²) in [5.74, 6) is 7.71. The molecule has 0 spiro atoms. The number of rotatable bonds is 18. The van der Waals surface area contributed by atoms with E-state index in [-0.39, 0.29) is 0 Å². The molecule has 0 aromatic rings. The molecule has 4 aliphatic rings. The van der Waals surface area contributed by atoms with Crippen LogP contribution >= 0.6 is 0 Å². The fourth-order valence-electron chi connectivity index (χ4n) is 10.6. The Balaban J connectivity index is 1.14. The maximum atomic E-state index is 2.33. The molecule has 0 aliphatic heterocycles. The summed E-state index contributed by atoms with van der Waals surface area (Å²) >= 11 is 0. The fourth-order valence-corrected chi connectivity index (χ4v) is 10.6. The van der Waals surface area contributed by atoms with Crippen LogP contribution in [0.25, 0.3) is 0 Å². The van der Waals surface area contributed by atoms with E-state index in [4.69, 9.17) is 0 Å². The van der Waals surface area contributed by atoms with Gasteiger partial charge in [-0.2, -0.15) is 0 Å². The maximum absolute atomic E-state index is 2.33. The molecular formula is C40H74. The molecule has 4 rings (SSSR count). The van der Waals surface area contributed by atoms with Gasteiger partial charge in [-0.15, -0.1) is 0 Å². The Labute approximate surface area is 253 Å². The first-order valence-electron chi connectivity index (χ1n) is 19.8. The van der Waals surface area contributed by atoms with Crippen molar-refractivity contribution in [3.63, 3.8) is 0 Å². The van der Waals surface area contributed by atoms with Crippen LogP contribution in [0.15, 0.2) is 0 Å². The Kier molecular flexibility index (Phi) is 16.5. The van der Waals surface area contributed by atoms with Crippen LogP contribution in [0, 0.1) is 41.4 Å². The normalized spacial score (nSPS) is 29.9. The minimum absolute atomic E-state index is 1.09. The van der Waals surface area contributed by atoms with E-state index >= 15 is 0 Å². The monoisotopic (exact) mass is 555 g/mol. The second kappa shape index (κ2) is 20.0. The van der Waals surface area contributed by atoms with Crippen molar-refractivity contribution in [2.24, 2.45) is 41.4 Å². The van der Waals surface area contributed by atoms with E-state index in [0.717, 1.165) is 41.4 Å². The average Bonchev–Trinajstić information content (AvgIpc) is 3.02. The summed E-state index contributed by atoms with van der Waals surface area (Å²) in [5.41, 5.74) is 0. The third kappa shape index (κ3) is 11.6. The van der Waals surface area contributed by atoms with Crippen LogP contribution in [0.2, 0.25) is 0 Å². The Hall–Kier alpha value is 0. The van der Waals surface area contributed by atoms with Gasteiger partial charge in [-0.05, 0) is 99.2 Å². The van der Waals surface area contributed by atoms with Gasteiger partial charge in [0.1, 0.15) is 0 Å². The molecule has 0 radical (unpaired) electrons. The van der Waals surface area contributed by atoms with Gasteiger partial charge < -0.3 is 0 Å². The molecule has 0 bridgehead atoms. The summed E-state index contributed by atoms with van der Waals surface area (Å²) in [4.78, 5) is 0. The van der Waals surface area contributed by atoms with Gasteiger partial charge in [-0.3, -0.25) is 0 Å². The van der Waals surface area contributed by atoms with Crippen LogP contribution in [0.1, 0.15) is 212 Å². The Morgan fingerprint density at radius 3 is 1.05 bits per heavy atom. The minimum atomic E-state index is 1.09. The lowest BCUT2D eigenvalue weighted by molar-refractivity contribution is 0.0717. The molecule has 0 aromatic carbocycles. The summed E-state index contributed by atoms with van der Waals surface area (Å²) in [6, 6.07) is 0. The maximum Gasteiger partial charge on any atom is -0.0357 e. The van der Waals surface area contributed by atoms with Crippen molar-refractivity contribution in [2.75, 3.05) is 0 Å². The lowest BCUT2D eigenvalue weighted by atomic mass is 9.62. The van der Waals surface area contributed by atoms with Crippen molar-refractivity contribution in [3.8, 4) is 0 Å². The lowest BCUT2D eigenvalue weighted by Gasteiger charge is -2.44. The third-order valence-corrected chi connectivity index (χ3v) is 13.1. The first kappa shape index (κ1) is 32.9. The minimum Gasteiger partial charge on any atom is -0.0654 e. The number of hydrogen-bond acceptors (Lipinski definition) is 0. The summed E-state index contributed by atoms with van der Waals surface area (Å²) in [7, 11) is 0. The Morgan fingerprint density at radius 1 is 0.350 bits per heavy atom. The predicted molar refractivity (Wildman–Crippen MR) is 178 cm³/mol. The van der Waals surface area contributed by atoms with Crippen molar-refractivity contribution in [1.29, 1.82) is 0 Å². The Bertz CT molecular complexity index is 541. The van der Waals surface area contributed by atoms with Crippen LogP contribution in [0.4, 0.5) is 0 Å². The quantitative estimate of drug-likeness (QED) is 0.148. The van der Waals surface area contributed by atoms with E-state index < -0.39 is 0 Å². The first-order chi connectivity index (χ1) is 19.8. The Morgan fingerprint density at radius 2 is 0.675 bits per heavy atom. The van der Waals surface area contributed by atoms with Gasteiger partial charge in [0.05, 0.1) is 0 Å². The smallest absolute Gasteiger partial charge is 0.0357 e. The van der Waals surface area contributed by atoms with Gasteiger partial charge in [0.15, 0.2) is 0 Å². The molecule has 0 aromatic heterocycles. The van der Waals surface area contributed by atoms with Crippen LogP contribution in [0.5, 0.6) is 0 Å². The van der Waals surface area contributed by atoms with E-state index in [1.807, 2.05) is 0 Å². The summed E-state index contributed by atoms with van der Waals surface area (Å²) in [5, 5.41) is 0. The van der Waals surface area contributed by atoms with Crippen molar-refractivity contribution in [1.82, 2.24) is 0 Å². The van der Waals surface area contributed by atoms with E-state index in [2.05, 4.69) is 6.92 Å². The highest BCUT2D eigenvalue weighted by Gasteiger charge is 2.37. The second-order valence-electron chi connectivity index (χ2n) is 15.8. The van der Waals surface area contributed by atoms with Gasteiger partial charge in [0.2, 0.25) is 0 Å². The van der Waals surface area contributed by atoms with Gasteiger partial charge in [0, 0.05) is 0 Å². The second-order valence-corrected chi connectivity index (χ2v) is 15.8. The zero-order valence-electron chi connectivity index (χ0n) is 27.7. The molecule has 234 valence electrons. The molecule has 0 nitrogen and oxygen atoms in total. The SMILES string of the molecule is CCCCCCCCCCCCCCCC(C1CCC(C2CCCCC2)CC1)C1CCC(C2CCCCC2)CC1. The molecule has 40 heavy (non-hydrogen) atoms. The topological polar surface area (TPSA) is 0 Å². The highest BCUT2D eigenvalue weighted by molar-refractivity contribution is 4.88. The summed E-state index contributed by atoms with van der Waals surface area (Å²) in [6.45, 7) is 2.33. The largest absolute Gasteiger partial charge is 0.0654 e. The van der Waals surface area contributed by atoms with Crippen molar-refractivity contribution >= 4 is 0 Å². The molecule has 0 N–H and O–H groups in total. The van der Waals surface area contributed by atoms with E-state index in [9.17, 15) is 0 Å². The van der Waals surface area contributed by atoms with E-state index in [1.165, 1.54) is 116 Å². The molecule has 0 heterocycles. The first-order valence-corrected chi connectivity index (χ1v) is 19.8. The van der Waals surface area contributed by atoms with Gasteiger partial charge in [0.25, 0.3) is 0 Å². The van der Waals surface area contributed by atoms with E-state index in [0.29, 0.717) is 0 Å². The highest BCUT2D eigenvalue weighted by Crippen LogP contribution is 2.49. The molecule has 0 saturated heterocycles. The number of unbranched alkanes of at least 4 members (excludes halogenated alkanes) is 12. The van der Waals surface area contributed by atoms with E-state index in [1.54, 1.807) is 89.9 Å². The zero-order valence-corrected chi connectivity index (χ0v) is 27.7. The number of hydrogen-bond donors (Lipinski definition) is 0. The van der Waals surface area contributed by atoms with Crippen LogP contribution < -0.4 is 0 Å². The zero-order chi connectivity index (χ0) is 27.7. The molecule has 0 atom stereocenters. The molecule has 0 unspecified atom stereocenters. The predicted octanol–water partition coefficient (Wildman–Crippen LogP) is 13.9. The van der Waals surface area contributed by atoms with Crippen molar-refractivity contribution < 1.29 is 0 Å². The fraction of sp³-hybridized carbons (Fsp3) is 1.00. The highest BCUT2D eigenvalue weighted by atomic mass is 14.4. The molecule has 4 fully saturated rings. The molecule has 4 aliphatic carbocycles. The third-order valence-electron chi connectivity index (χ3n) is 13.1. The van der Waals surface area contributed by atoms with Crippen LogP contribution in [0.3, 0.4) is 0 Å². The summed E-state index contributed by atoms with van der Waals surface area (Å²) in [6.07, 6.45) is 49.3. The van der Waals surface area contributed by atoms with Crippen molar-refractivity contribution in [3.05, 3.63) is 0 Å². The molecule has 0 heteroatoms. The molecule has 4 saturated carbocycles. The van der Waals surface area contributed by atoms with Gasteiger partial charge in [-0.25, -0.2) is 0 Å². The molecular weight excluding hydrogens is 480 g/mol. The molecule has 0 amide bonds. The van der Waals surface area contributed by atoms with Gasteiger partial charge in [-0.1, -0.05) is 155 Å². The lowest BCUT2D eigenvalue weighted by Crippen LogP contribution is -2.33. The standard InChI is InChI=1S/C40H74/c1-2-3-4-5-6-7-8-9-10-11-12-13-20-25-40(38-30-26-36(27-31-38)34-21-16-14-17-22-34)39-32-28-37(29-33-39)35-23-18-15-19-24-35/h34-40H,2-33H2,1H3.